The van der Waals surface area contributed by atoms with Crippen LogP contribution >= 0.6 is 0 Å². The summed E-state index contributed by atoms with van der Waals surface area (Å²) in [5.41, 5.74) is 1.59. The molecule has 1 aliphatic heterocycles. The van der Waals surface area contributed by atoms with Gasteiger partial charge in [0.15, 0.2) is 0 Å². The van der Waals surface area contributed by atoms with E-state index < -0.39 is 5.54 Å². The van der Waals surface area contributed by atoms with Crippen molar-refractivity contribution in [3.05, 3.63) is 72.1 Å². The second-order valence-electron chi connectivity index (χ2n) is 7.38. The predicted octanol–water partition coefficient (Wildman–Crippen LogP) is 4.08. The Morgan fingerprint density at radius 3 is 2.74 bits per heavy atom. The number of amides is 3. The van der Waals surface area contributed by atoms with Gasteiger partial charge in [0.1, 0.15) is 5.54 Å². The van der Waals surface area contributed by atoms with Crippen molar-refractivity contribution in [2.24, 2.45) is 0 Å². The fraction of sp³-hybridized carbons (Fsp3) is 0.227. The predicted molar refractivity (Wildman–Crippen MR) is 104 cm³/mol. The van der Waals surface area contributed by atoms with Gasteiger partial charge in [-0.05, 0) is 29.9 Å². The Balaban J connectivity index is 1.68. The Hall–Kier alpha value is -3.21. The molecular weight excluding hydrogens is 338 g/mol. The summed E-state index contributed by atoms with van der Waals surface area (Å²) < 4.78 is 0. The Labute approximate surface area is 157 Å². The topological polar surface area (TPSA) is 62.3 Å². The third-order valence-electron chi connectivity index (χ3n) is 5.88. The number of rotatable bonds is 1. The minimum absolute atomic E-state index is 0.218. The quantitative estimate of drug-likeness (QED) is 0.668. The molecule has 1 fully saturated rings. The highest BCUT2D eigenvalue weighted by Crippen LogP contribution is 2.45. The summed E-state index contributed by atoms with van der Waals surface area (Å²) in [4.78, 5) is 32.1. The number of urea groups is 1. The van der Waals surface area contributed by atoms with Crippen LogP contribution in [0, 0.1) is 0 Å². The van der Waals surface area contributed by atoms with E-state index in [0.717, 1.165) is 28.3 Å². The zero-order chi connectivity index (χ0) is 18.6. The molecule has 2 unspecified atom stereocenters. The first-order valence-corrected chi connectivity index (χ1v) is 9.21. The van der Waals surface area contributed by atoms with E-state index in [-0.39, 0.29) is 11.9 Å². The molecule has 2 heterocycles. The molecule has 1 saturated heterocycles. The first-order valence-electron chi connectivity index (χ1n) is 9.21. The molecule has 1 aliphatic carbocycles. The molecule has 2 atom stereocenters. The van der Waals surface area contributed by atoms with Crippen molar-refractivity contribution >= 4 is 28.4 Å². The van der Waals surface area contributed by atoms with E-state index in [2.05, 4.69) is 23.3 Å². The molecule has 5 nitrogen and oxygen atoms in total. The van der Waals surface area contributed by atoms with E-state index in [9.17, 15) is 9.59 Å². The number of carbonyl (C=O) groups is 2. The summed E-state index contributed by atoms with van der Waals surface area (Å²) in [7, 11) is 0. The van der Waals surface area contributed by atoms with Crippen molar-refractivity contribution in [3.8, 4) is 0 Å². The third-order valence-corrected chi connectivity index (χ3v) is 5.88. The number of hydrogen-bond acceptors (Lipinski definition) is 3. The minimum Gasteiger partial charge on any atom is -0.319 e. The lowest BCUT2D eigenvalue weighted by Crippen LogP contribution is -2.47. The van der Waals surface area contributed by atoms with Gasteiger partial charge >= 0.3 is 6.03 Å². The first-order chi connectivity index (χ1) is 13.1. The average Bonchev–Trinajstić information content (AvgIpc) is 2.95. The number of imide groups is 1. The highest BCUT2D eigenvalue weighted by molar-refractivity contribution is 6.26. The van der Waals surface area contributed by atoms with E-state index in [1.165, 1.54) is 4.90 Å². The van der Waals surface area contributed by atoms with Crippen LogP contribution in [0.1, 0.15) is 36.8 Å². The summed E-state index contributed by atoms with van der Waals surface area (Å²) in [5.74, 6) is 0.148. The number of hydrogen-bond donors (Lipinski definition) is 1. The number of benzene rings is 2. The summed E-state index contributed by atoms with van der Waals surface area (Å²) >= 11 is 0. The number of carbonyl (C=O) groups excluding carboxylic acids is 2. The number of anilines is 1. The first kappa shape index (κ1) is 16.0. The lowest BCUT2D eigenvalue weighted by Gasteiger charge is -2.36. The molecule has 2 aromatic carbocycles. The molecule has 5 rings (SSSR count). The molecule has 1 aromatic heterocycles. The summed E-state index contributed by atoms with van der Waals surface area (Å²) in [6.45, 7) is 2.17. The molecule has 0 bridgehead atoms. The number of nitrogens with zero attached hydrogens (tertiary/aromatic N) is 2. The van der Waals surface area contributed by atoms with Gasteiger partial charge in [-0.3, -0.25) is 9.78 Å². The molecule has 1 N–H and O–H groups in total. The summed E-state index contributed by atoms with van der Waals surface area (Å²) in [6, 6.07) is 15.2. The largest absolute Gasteiger partial charge is 0.330 e. The lowest BCUT2D eigenvalue weighted by atomic mass is 9.72. The maximum absolute atomic E-state index is 13.6. The van der Waals surface area contributed by atoms with Crippen molar-refractivity contribution in [1.29, 1.82) is 0 Å². The van der Waals surface area contributed by atoms with E-state index in [0.29, 0.717) is 18.0 Å². The Morgan fingerprint density at radius 2 is 1.85 bits per heavy atom. The molecule has 3 amide bonds. The van der Waals surface area contributed by atoms with Crippen molar-refractivity contribution in [1.82, 2.24) is 10.3 Å². The second-order valence-corrected chi connectivity index (χ2v) is 7.38. The molecule has 134 valence electrons. The zero-order valence-electron chi connectivity index (χ0n) is 15.0. The second kappa shape index (κ2) is 5.64. The highest BCUT2D eigenvalue weighted by Gasteiger charge is 2.55. The van der Waals surface area contributed by atoms with Gasteiger partial charge < -0.3 is 5.32 Å². The van der Waals surface area contributed by atoms with Crippen LogP contribution in [0.3, 0.4) is 0 Å². The fourth-order valence-electron chi connectivity index (χ4n) is 4.46. The van der Waals surface area contributed by atoms with Crippen LogP contribution in [0.25, 0.3) is 10.8 Å². The molecule has 2 aliphatic rings. The maximum atomic E-state index is 13.6. The highest BCUT2D eigenvalue weighted by atomic mass is 16.2. The molecule has 27 heavy (non-hydrogen) atoms. The normalized spacial score (nSPS) is 24.3. The SMILES string of the molecule is CC1CCC2(NC(=O)N(c3cncc4ccccc34)C2=O)c2ccccc21. The zero-order valence-corrected chi connectivity index (χ0v) is 15.0. The fourth-order valence-corrected chi connectivity index (χ4v) is 4.46. The Morgan fingerprint density at radius 1 is 1.07 bits per heavy atom. The molecular formula is C22H19N3O2. The van der Waals surface area contributed by atoms with Crippen molar-refractivity contribution < 1.29 is 9.59 Å². The molecule has 3 aromatic rings. The van der Waals surface area contributed by atoms with Crippen molar-refractivity contribution in [2.45, 2.75) is 31.2 Å². The van der Waals surface area contributed by atoms with E-state index in [4.69, 9.17) is 0 Å². The van der Waals surface area contributed by atoms with Gasteiger partial charge in [0.25, 0.3) is 5.91 Å². The van der Waals surface area contributed by atoms with Gasteiger partial charge in [0.2, 0.25) is 0 Å². The lowest BCUT2D eigenvalue weighted by molar-refractivity contribution is -0.123. The van der Waals surface area contributed by atoms with Crippen LogP contribution < -0.4 is 10.2 Å². The van der Waals surface area contributed by atoms with Gasteiger partial charge in [-0.15, -0.1) is 0 Å². The average molecular weight is 357 g/mol. The smallest absolute Gasteiger partial charge is 0.319 e. The van der Waals surface area contributed by atoms with Crippen molar-refractivity contribution in [2.75, 3.05) is 4.90 Å². The van der Waals surface area contributed by atoms with Crippen LogP contribution in [0.15, 0.2) is 60.9 Å². The maximum Gasteiger partial charge on any atom is 0.330 e. The minimum atomic E-state index is -0.989. The van der Waals surface area contributed by atoms with Crippen LogP contribution in [0.2, 0.25) is 0 Å². The molecule has 5 heteroatoms. The Bertz CT molecular complexity index is 1090. The summed E-state index contributed by atoms with van der Waals surface area (Å²) in [5, 5.41) is 4.75. The van der Waals surface area contributed by atoms with Gasteiger partial charge in [0, 0.05) is 17.0 Å². The van der Waals surface area contributed by atoms with Gasteiger partial charge in [-0.2, -0.15) is 0 Å². The van der Waals surface area contributed by atoms with Gasteiger partial charge in [-0.25, -0.2) is 9.69 Å². The molecule has 0 radical (unpaired) electrons. The Kier molecular flexibility index (Phi) is 3.34. The number of nitrogens with one attached hydrogen (secondary N) is 1. The van der Waals surface area contributed by atoms with Gasteiger partial charge in [-0.1, -0.05) is 55.5 Å². The van der Waals surface area contributed by atoms with E-state index in [1.807, 2.05) is 42.5 Å². The van der Waals surface area contributed by atoms with Crippen LogP contribution in [-0.4, -0.2) is 16.9 Å². The van der Waals surface area contributed by atoms with Gasteiger partial charge in [0.05, 0.1) is 11.9 Å². The van der Waals surface area contributed by atoms with Crippen LogP contribution in [0.5, 0.6) is 0 Å². The molecule has 0 saturated carbocycles. The van der Waals surface area contributed by atoms with Crippen LogP contribution in [0.4, 0.5) is 10.5 Å². The third kappa shape index (κ3) is 2.14. The number of pyridine rings is 1. The van der Waals surface area contributed by atoms with E-state index >= 15 is 0 Å². The monoisotopic (exact) mass is 357 g/mol. The van der Waals surface area contributed by atoms with Crippen LogP contribution in [-0.2, 0) is 10.3 Å². The standard InChI is InChI=1S/C22H19N3O2/c1-14-10-11-22(18-9-5-4-7-16(14)18)20(26)25(21(27)24-22)19-13-23-12-15-6-2-3-8-17(15)19/h2-9,12-14H,10-11H2,1H3,(H,24,27). The summed E-state index contributed by atoms with van der Waals surface area (Å²) in [6.07, 6.45) is 4.79. The van der Waals surface area contributed by atoms with Crippen molar-refractivity contribution in [3.63, 3.8) is 0 Å². The molecule has 1 spiro atoms. The van der Waals surface area contributed by atoms with E-state index in [1.54, 1.807) is 12.4 Å². The number of fused-ring (bicyclic) bond motifs is 3. The number of aromatic nitrogens is 1.